The predicted molar refractivity (Wildman–Crippen MR) is 139 cm³/mol. The van der Waals surface area contributed by atoms with Gasteiger partial charge in [0.25, 0.3) is 0 Å². The lowest BCUT2D eigenvalue weighted by molar-refractivity contribution is 0.239. The molecule has 0 aromatic heterocycles. The van der Waals surface area contributed by atoms with Crippen LogP contribution in [0.3, 0.4) is 0 Å². The summed E-state index contributed by atoms with van der Waals surface area (Å²) in [7, 11) is 3.27. The first-order chi connectivity index (χ1) is 15.2. The number of aromatic hydroxyl groups is 1. The van der Waals surface area contributed by atoms with Gasteiger partial charge in [-0.25, -0.2) is 4.99 Å². The zero-order chi connectivity index (χ0) is 22.1. The SMILES string of the molecule is CCNC(=NCc1ccc(OC)c(O)c1)NCC(c1ccccc1OC)N1CCCC1.I. The van der Waals surface area contributed by atoms with Gasteiger partial charge >= 0.3 is 0 Å². The van der Waals surface area contributed by atoms with Gasteiger partial charge < -0.3 is 25.2 Å². The topological polar surface area (TPSA) is 78.4 Å². The molecule has 3 rings (SSSR count). The first kappa shape index (κ1) is 26.1. The Morgan fingerprint density at radius 2 is 1.78 bits per heavy atom. The summed E-state index contributed by atoms with van der Waals surface area (Å²) in [6.07, 6.45) is 2.45. The molecule has 1 aliphatic heterocycles. The summed E-state index contributed by atoms with van der Waals surface area (Å²) in [6.45, 7) is 6.17. The first-order valence-corrected chi connectivity index (χ1v) is 10.9. The van der Waals surface area contributed by atoms with Gasteiger partial charge in [-0.3, -0.25) is 4.90 Å². The highest BCUT2D eigenvalue weighted by Crippen LogP contribution is 2.31. The van der Waals surface area contributed by atoms with Crippen LogP contribution in [0.5, 0.6) is 17.2 Å². The fourth-order valence-corrected chi connectivity index (χ4v) is 3.97. The van der Waals surface area contributed by atoms with Gasteiger partial charge in [0.05, 0.1) is 26.8 Å². The monoisotopic (exact) mass is 554 g/mol. The van der Waals surface area contributed by atoms with E-state index in [-0.39, 0.29) is 35.8 Å². The van der Waals surface area contributed by atoms with Crippen molar-refractivity contribution in [2.24, 2.45) is 4.99 Å². The summed E-state index contributed by atoms with van der Waals surface area (Å²) in [5, 5.41) is 16.8. The quantitative estimate of drug-likeness (QED) is 0.248. The minimum atomic E-state index is 0. The summed E-state index contributed by atoms with van der Waals surface area (Å²) in [5.74, 6) is 2.25. The van der Waals surface area contributed by atoms with E-state index in [9.17, 15) is 5.11 Å². The number of guanidine groups is 1. The van der Waals surface area contributed by atoms with Crippen molar-refractivity contribution in [3.05, 3.63) is 53.6 Å². The molecule has 2 aromatic rings. The van der Waals surface area contributed by atoms with Crippen molar-refractivity contribution in [3.63, 3.8) is 0 Å². The van der Waals surface area contributed by atoms with Crippen molar-refractivity contribution in [2.45, 2.75) is 32.4 Å². The molecular formula is C24H35IN4O3. The number of ether oxygens (including phenoxy) is 2. The van der Waals surface area contributed by atoms with Crippen molar-refractivity contribution in [1.29, 1.82) is 0 Å². The van der Waals surface area contributed by atoms with E-state index in [1.165, 1.54) is 18.4 Å². The highest BCUT2D eigenvalue weighted by molar-refractivity contribution is 14.0. The van der Waals surface area contributed by atoms with E-state index in [1.54, 1.807) is 26.4 Å². The van der Waals surface area contributed by atoms with Gasteiger partial charge in [0, 0.05) is 18.7 Å². The van der Waals surface area contributed by atoms with Gasteiger partial charge in [0.15, 0.2) is 17.5 Å². The average Bonchev–Trinajstić information content (AvgIpc) is 3.32. The number of likely N-dealkylation sites (tertiary alicyclic amines) is 1. The van der Waals surface area contributed by atoms with Gasteiger partial charge in [-0.15, -0.1) is 24.0 Å². The number of para-hydroxylation sites is 1. The number of nitrogens with zero attached hydrogens (tertiary/aromatic N) is 2. The molecule has 1 heterocycles. The largest absolute Gasteiger partial charge is 0.504 e. The smallest absolute Gasteiger partial charge is 0.191 e. The van der Waals surface area contributed by atoms with E-state index >= 15 is 0 Å². The van der Waals surface area contributed by atoms with Crippen molar-refractivity contribution in [1.82, 2.24) is 15.5 Å². The Bertz CT molecular complexity index is 872. The molecule has 0 amide bonds. The van der Waals surface area contributed by atoms with Gasteiger partial charge in [-0.05, 0) is 56.6 Å². The Kier molecular flexibility index (Phi) is 10.9. The Balaban J connectivity index is 0.00000363. The van der Waals surface area contributed by atoms with Crippen LogP contribution >= 0.6 is 24.0 Å². The highest BCUT2D eigenvalue weighted by Gasteiger charge is 2.26. The molecule has 1 saturated heterocycles. The molecule has 1 fully saturated rings. The molecule has 2 aromatic carbocycles. The number of nitrogens with one attached hydrogen (secondary N) is 2. The van der Waals surface area contributed by atoms with E-state index < -0.39 is 0 Å². The van der Waals surface area contributed by atoms with E-state index in [0.717, 1.165) is 43.5 Å². The molecule has 3 N–H and O–H groups in total. The fourth-order valence-electron chi connectivity index (χ4n) is 3.97. The van der Waals surface area contributed by atoms with Crippen LogP contribution in [-0.4, -0.2) is 56.4 Å². The molecule has 0 spiro atoms. The maximum Gasteiger partial charge on any atom is 0.191 e. The van der Waals surface area contributed by atoms with Gasteiger partial charge in [-0.2, -0.15) is 0 Å². The highest BCUT2D eigenvalue weighted by atomic mass is 127. The zero-order valence-electron chi connectivity index (χ0n) is 19.1. The third-order valence-electron chi connectivity index (χ3n) is 5.55. The molecule has 0 aliphatic carbocycles. The lowest BCUT2D eigenvalue weighted by atomic mass is 10.0. The van der Waals surface area contributed by atoms with Crippen LogP contribution in [0.25, 0.3) is 0 Å². The molecule has 7 nitrogen and oxygen atoms in total. The number of phenolic OH excluding ortho intramolecular Hbond substituents is 1. The van der Waals surface area contributed by atoms with Crippen LogP contribution < -0.4 is 20.1 Å². The third-order valence-corrected chi connectivity index (χ3v) is 5.55. The Hall–Kier alpha value is -2.20. The van der Waals surface area contributed by atoms with E-state index in [2.05, 4.69) is 34.6 Å². The Labute approximate surface area is 208 Å². The van der Waals surface area contributed by atoms with Crippen LogP contribution in [0.1, 0.15) is 36.9 Å². The van der Waals surface area contributed by atoms with Crippen molar-refractivity contribution in [2.75, 3.05) is 40.4 Å². The van der Waals surface area contributed by atoms with Crippen LogP contribution in [0, 0.1) is 0 Å². The Morgan fingerprint density at radius 3 is 2.44 bits per heavy atom. The molecule has 0 saturated carbocycles. The second kappa shape index (κ2) is 13.4. The first-order valence-electron chi connectivity index (χ1n) is 10.9. The zero-order valence-corrected chi connectivity index (χ0v) is 21.5. The number of halogens is 1. The predicted octanol–water partition coefficient (Wildman–Crippen LogP) is 3.92. The maximum atomic E-state index is 10.0. The Morgan fingerprint density at radius 1 is 1.06 bits per heavy atom. The van der Waals surface area contributed by atoms with Gasteiger partial charge in [0.1, 0.15) is 5.75 Å². The summed E-state index contributed by atoms with van der Waals surface area (Å²) in [4.78, 5) is 7.22. The van der Waals surface area contributed by atoms with Crippen molar-refractivity contribution < 1.29 is 14.6 Å². The number of hydrogen-bond acceptors (Lipinski definition) is 5. The van der Waals surface area contributed by atoms with Crippen molar-refractivity contribution in [3.8, 4) is 17.2 Å². The lowest BCUT2D eigenvalue weighted by Gasteiger charge is -2.30. The molecular weight excluding hydrogens is 519 g/mol. The molecule has 32 heavy (non-hydrogen) atoms. The van der Waals surface area contributed by atoms with Gasteiger partial charge in [0.2, 0.25) is 0 Å². The second-order valence-electron chi connectivity index (χ2n) is 7.58. The molecule has 0 bridgehead atoms. The van der Waals surface area contributed by atoms with E-state index in [1.807, 2.05) is 18.2 Å². The summed E-state index contributed by atoms with van der Waals surface area (Å²) >= 11 is 0. The minimum Gasteiger partial charge on any atom is -0.504 e. The maximum absolute atomic E-state index is 10.0. The standard InChI is InChI=1S/C24H34N4O3.HI/c1-4-25-24(26-16-18-11-12-23(31-3)21(29)15-18)27-17-20(28-13-7-8-14-28)19-9-5-6-10-22(19)30-2;/h5-6,9-12,15,20,29H,4,7-8,13-14,16-17H2,1-3H3,(H2,25,26,27);1H. The van der Waals surface area contributed by atoms with E-state index in [4.69, 9.17) is 14.5 Å². The van der Waals surface area contributed by atoms with Crippen molar-refractivity contribution >= 4 is 29.9 Å². The minimum absolute atomic E-state index is 0. The number of hydrogen-bond donors (Lipinski definition) is 3. The normalized spacial score (nSPS) is 15.0. The number of aliphatic imine (C=N–C) groups is 1. The second-order valence-corrected chi connectivity index (χ2v) is 7.58. The van der Waals surface area contributed by atoms with Crippen LogP contribution in [0.4, 0.5) is 0 Å². The summed E-state index contributed by atoms with van der Waals surface area (Å²) in [5.41, 5.74) is 2.10. The number of methoxy groups -OCH3 is 2. The van der Waals surface area contributed by atoms with Gasteiger partial charge in [-0.1, -0.05) is 24.3 Å². The van der Waals surface area contributed by atoms with Crippen LogP contribution in [0.15, 0.2) is 47.5 Å². The molecule has 1 aliphatic rings. The molecule has 1 atom stereocenters. The van der Waals surface area contributed by atoms with E-state index in [0.29, 0.717) is 12.3 Å². The van der Waals surface area contributed by atoms with Crippen LogP contribution in [0.2, 0.25) is 0 Å². The molecule has 176 valence electrons. The number of benzene rings is 2. The molecule has 0 radical (unpaired) electrons. The summed E-state index contributed by atoms with van der Waals surface area (Å²) in [6, 6.07) is 13.8. The molecule has 8 heteroatoms. The average molecular weight is 554 g/mol. The number of rotatable bonds is 9. The fraction of sp³-hybridized carbons (Fsp3) is 0.458. The molecule has 1 unspecified atom stereocenters. The van der Waals surface area contributed by atoms with Crippen LogP contribution in [-0.2, 0) is 6.54 Å². The number of phenols is 1. The summed E-state index contributed by atoms with van der Waals surface area (Å²) < 4.78 is 10.8. The lowest BCUT2D eigenvalue weighted by Crippen LogP contribution is -2.42. The third kappa shape index (κ3) is 6.90.